The van der Waals surface area contributed by atoms with Gasteiger partial charge in [0.25, 0.3) is 0 Å². The van der Waals surface area contributed by atoms with E-state index in [1.807, 2.05) is 47.6 Å². The van der Waals surface area contributed by atoms with Gasteiger partial charge in [-0.25, -0.2) is 4.98 Å². The van der Waals surface area contributed by atoms with Gasteiger partial charge >= 0.3 is 0 Å². The summed E-state index contributed by atoms with van der Waals surface area (Å²) >= 11 is 0. The highest BCUT2D eigenvalue weighted by Gasteiger charge is 2.21. The third-order valence-electron chi connectivity index (χ3n) is 4.42. The standard InChI is InChI=1S/C20H17N7/c1-2-15-12-14(3-4-17(15)22-9-1)13-27-20-18(25-26-27)5-6-19(24-20)23-16-7-10-21-11-8-16/h1-12,25-26H,13H2,(H,21,23,24). The summed E-state index contributed by atoms with van der Waals surface area (Å²) in [6.07, 6.45) is 5.31. The van der Waals surface area contributed by atoms with Gasteiger partial charge in [-0.05, 0) is 48.0 Å². The number of nitrogens with zero attached hydrogens (tertiary/aromatic N) is 4. The lowest BCUT2D eigenvalue weighted by Gasteiger charge is -2.18. The molecule has 0 radical (unpaired) electrons. The summed E-state index contributed by atoms with van der Waals surface area (Å²) in [5.41, 5.74) is 10.4. The van der Waals surface area contributed by atoms with Crippen molar-refractivity contribution in [2.75, 3.05) is 15.8 Å². The lowest BCUT2D eigenvalue weighted by Crippen LogP contribution is -2.35. The van der Waals surface area contributed by atoms with E-state index in [1.54, 1.807) is 12.4 Å². The summed E-state index contributed by atoms with van der Waals surface area (Å²) in [4.78, 5) is 13.2. The normalized spacial score (nSPS) is 12.7. The molecule has 0 atom stereocenters. The maximum absolute atomic E-state index is 4.75. The van der Waals surface area contributed by atoms with Crippen molar-refractivity contribution in [3.8, 4) is 0 Å². The van der Waals surface area contributed by atoms with Crippen molar-refractivity contribution < 1.29 is 0 Å². The van der Waals surface area contributed by atoms with Crippen LogP contribution in [0, 0.1) is 0 Å². The topological polar surface area (TPSA) is 78.0 Å². The van der Waals surface area contributed by atoms with Gasteiger partial charge in [0.2, 0.25) is 0 Å². The molecule has 3 N–H and O–H groups in total. The molecule has 132 valence electrons. The molecule has 0 spiro atoms. The molecular formula is C20H17N7. The Kier molecular flexibility index (Phi) is 3.77. The highest BCUT2D eigenvalue weighted by atomic mass is 15.7. The van der Waals surface area contributed by atoms with Crippen molar-refractivity contribution in [2.45, 2.75) is 6.54 Å². The predicted molar refractivity (Wildman–Crippen MR) is 106 cm³/mol. The van der Waals surface area contributed by atoms with Crippen LogP contribution in [-0.2, 0) is 6.54 Å². The third-order valence-corrected chi connectivity index (χ3v) is 4.42. The first-order chi connectivity index (χ1) is 13.3. The average Bonchev–Trinajstić information content (AvgIpc) is 3.11. The van der Waals surface area contributed by atoms with E-state index < -0.39 is 0 Å². The molecule has 0 saturated carbocycles. The van der Waals surface area contributed by atoms with E-state index in [0.29, 0.717) is 6.54 Å². The van der Waals surface area contributed by atoms with Crippen molar-refractivity contribution in [1.82, 2.24) is 20.5 Å². The van der Waals surface area contributed by atoms with Crippen LogP contribution in [0.5, 0.6) is 0 Å². The number of fused-ring (bicyclic) bond motifs is 2. The first-order valence-corrected chi connectivity index (χ1v) is 8.66. The molecule has 0 amide bonds. The zero-order chi connectivity index (χ0) is 18.1. The second kappa shape index (κ2) is 6.54. The van der Waals surface area contributed by atoms with Gasteiger partial charge in [-0.15, -0.1) is 5.53 Å². The number of benzene rings is 1. The Labute approximate surface area is 156 Å². The van der Waals surface area contributed by atoms with E-state index in [9.17, 15) is 0 Å². The van der Waals surface area contributed by atoms with Crippen molar-refractivity contribution in [3.63, 3.8) is 0 Å². The van der Waals surface area contributed by atoms with E-state index in [2.05, 4.69) is 44.4 Å². The lowest BCUT2D eigenvalue weighted by molar-refractivity contribution is 0.718. The van der Waals surface area contributed by atoms with Crippen molar-refractivity contribution in [2.24, 2.45) is 0 Å². The highest BCUT2D eigenvalue weighted by molar-refractivity contribution is 5.79. The number of hydrogen-bond acceptors (Lipinski definition) is 7. The van der Waals surface area contributed by atoms with E-state index in [-0.39, 0.29) is 0 Å². The first kappa shape index (κ1) is 15.5. The Balaban J connectivity index is 1.40. The summed E-state index contributed by atoms with van der Waals surface area (Å²) < 4.78 is 0. The predicted octanol–water partition coefficient (Wildman–Crippen LogP) is 3.62. The lowest BCUT2D eigenvalue weighted by atomic mass is 10.1. The van der Waals surface area contributed by atoms with Gasteiger partial charge in [0.15, 0.2) is 5.82 Å². The van der Waals surface area contributed by atoms with Crippen LogP contribution in [0.15, 0.2) is 73.2 Å². The van der Waals surface area contributed by atoms with Crippen LogP contribution < -0.4 is 21.3 Å². The molecule has 27 heavy (non-hydrogen) atoms. The first-order valence-electron chi connectivity index (χ1n) is 8.66. The van der Waals surface area contributed by atoms with Crippen LogP contribution in [-0.4, -0.2) is 15.0 Å². The van der Waals surface area contributed by atoms with Crippen LogP contribution in [0.25, 0.3) is 10.9 Å². The second-order valence-electron chi connectivity index (χ2n) is 6.28. The Bertz CT molecular complexity index is 1100. The molecule has 0 saturated heterocycles. The monoisotopic (exact) mass is 355 g/mol. The average molecular weight is 355 g/mol. The SMILES string of the molecule is c1cnc2ccc(CN3NNc4ccc(Nc5ccncc5)nc43)cc2c1. The van der Waals surface area contributed by atoms with E-state index in [0.717, 1.165) is 33.9 Å². The second-order valence-corrected chi connectivity index (χ2v) is 6.28. The Morgan fingerprint density at radius 1 is 0.963 bits per heavy atom. The molecule has 0 unspecified atom stereocenters. The zero-order valence-corrected chi connectivity index (χ0v) is 14.4. The molecule has 1 aromatic carbocycles. The third kappa shape index (κ3) is 3.11. The number of rotatable bonds is 4. The van der Waals surface area contributed by atoms with Gasteiger partial charge in [0.1, 0.15) is 5.82 Å². The number of nitrogens with one attached hydrogen (secondary N) is 3. The van der Waals surface area contributed by atoms with Crippen LogP contribution in [0.3, 0.4) is 0 Å². The van der Waals surface area contributed by atoms with E-state index >= 15 is 0 Å². The van der Waals surface area contributed by atoms with Gasteiger partial charge in [0.05, 0.1) is 17.7 Å². The minimum Gasteiger partial charge on any atom is -0.340 e. The fraction of sp³-hybridized carbons (Fsp3) is 0.0500. The maximum atomic E-state index is 4.75. The van der Waals surface area contributed by atoms with Crippen LogP contribution >= 0.6 is 0 Å². The minimum atomic E-state index is 0.677. The summed E-state index contributed by atoms with van der Waals surface area (Å²) in [5, 5.41) is 6.42. The molecule has 5 rings (SSSR count). The number of hydrazine groups is 2. The zero-order valence-electron chi connectivity index (χ0n) is 14.4. The molecule has 7 nitrogen and oxygen atoms in total. The minimum absolute atomic E-state index is 0.677. The fourth-order valence-electron chi connectivity index (χ4n) is 3.11. The Hall–Kier alpha value is -3.71. The molecule has 1 aliphatic rings. The van der Waals surface area contributed by atoms with E-state index in [4.69, 9.17) is 4.98 Å². The summed E-state index contributed by atoms with van der Waals surface area (Å²) in [5.74, 6) is 1.62. The molecule has 4 aromatic rings. The Morgan fingerprint density at radius 2 is 1.89 bits per heavy atom. The molecule has 3 aromatic heterocycles. The van der Waals surface area contributed by atoms with Crippen LogP contribution in [0.1, 0.15) is 5.56 Å². The molecule has 0 bridgehead atoms. The molecule has 0 fully saturated rings. The largest absolute Gasteiger partial charge is 0.340 e. The van der Waals surface area contributed by atoms with Gasteiger partial charge in [0, 0.05) is 29.7 Å². The summed E-state index contributed by atoms with van der Waals surface area (Å²) in [7, 11) is 0. The van der Waals surface area contributed by atoms with Gasteiger partial charge in [-0.1, -0.05) is 12.1 Å². The molecular weight excluding hydrogens is 338 g/mol. The Morgan fingerprint density at radius 3 is 2.81 bits per heavy atom. The smallest absolute Gasteiger partial charge is 0.171 e. The number of aromatic nitrogens is 3. The quantitative estimate of drug-likeness (QED) is 0.516. The molecule has 0 aliphatic carbocycles. The van der Waals surface area contributed by atoms with Crippen LogP contribution in [0.4, 0.5) is 23.0 Å². The summed E-state index contributed by atoms with van der Waals surface area (Å²) in [6, 6.07) is 18.1. The molecule has 7 heteroatoms. The summed E-state index contributed by atoms with van der Waals surface area (Å²) in [6.45, 7) is 0.677. The van der Waals surface area contributed by atoms with Crippen molar-refractivity contribution in [3.05, 3.63) is 78.8 Å². The van der Waals surface area contributed by atoms with Crippen molar-refractivity contribution >= 4 is 33.9 Å². The number of hydrogen-bond donors (Lipinski definition) is 3. The van der Waals surface area contributed by atoms with Gasteiger partial charge in [-0.3, -0.25) is 15.0 Å². The molecule has 1 aliphatic heterocycles. The van der Waals surface area contributed by atoms with Crippen molar-refractivity contribution in [1.29, 1.82) is 0 Å². The molecule has 4 heterocycles. The van der Waals surface area contributed by atoms with E-state index in [1.165, 1.54) is 5.56 Å². The number of anilines is 4. The maximum Gasteiger partial charge on any atom is 0.171 e. The van der Waals surface area contributed by atoms with Crippen LogP contribution in [0.2, 0.25) is 0 Å². The highest BCUT2D eigenvalue weighted by Crippen LogP contribution is 2.30. The fourth-order valence-corrected chi connectivity index (χ4v) is 3.11. The number of pyridine rings is 3. The van der Waals surface area contributed by atoms with Gasteiger partial charge in [-0.2, -0.15) is 0 Å². The van der Waals surface area contributed by atoms with Gasteiger partial charge < -0.3 is 10.7 Å².